The first-order valence-corrected chi connectivity index (χ1v) is 9.18. The van der Waals surface area contributed by atoms with E-state index in [1.165, 1.54) is 0 Å². The first kappa shape index (κ1) is 17.6. The highest BCUT2D eigenvalue weighted by molar-refractivity contribution is 5.76. The summed E-state index contributed by atoms with van der Waals surface area (Å²) in [5.74, 6) is 1.58. The van der Waals surface area contributed by atoms with Gasteiger partial charge >= 0.3 is 0 Å². The van der Waals surface area contributed by atoms with Crippen LogP contribution in [0.2, 0.25) is 0 Å². The van der Waals surface area contributed by atoms with Crippen LogP contribution in [-0.4, -0.2) is 43.3 Å². The van der Waals surface area contributed by atoms with E-state index in [4.69, 9.17) is 4.52 Å². The molecule has 25 heavy (non-hydrogen) atoms. The lowest BCUT2D eigenvalue weighted by Gasteiger charge is -2.25. The molecule has 0 spiro atoms. The molecular formula is C18H27N5O2. The zero-order chi connectivity index (χ0) is 17.8. The van der Waals surface area contributed by atoms with Crippen LogP contribution < -0.4 is 0 Å². The molecule has 1 amide bonds. The van der Waals surface area contributed by atoms with E-state index < -0.39 is 0 Å². The molecule has 0 N–H and O–H groups in total. The monoisotopic (exact) mass is 345 g/mol. The summed E-state index contributed by atoms with van der Waals surface area (Å²) in [5, 5.41) is 8.42. The summed E-state index contributed by atoms with van der Waals surface area (Å²) in [6.07, 6.45) is 4.82. The van der Waals surface area contributed by atoms with Crippen LogP contribution >= 0.6 is 0 Å². The van der Waals surface area contributed by atoms with Gasteiger partial charge in [0.15, 0.2) is 5.82 Å². The predicted molar refractivity (Wildman–Crippen MR) is 93.1 cm³/mol. The van der Waals surface area contributed by atoms with E-state index in [-0.39, 0.29) is 11.9 Å². The van der Waals surface area contributed by atoms with E-state index in [1.807, 2.05) is 23.4 Å². The van der Waals surface area contributed by atoms with Crippen molar-refractivity contribution in [2.24, 2.45) is 0 Å². The quantitative estimate of drug-likeness (QED) is 0.770. The maximum atomic E-state index is 12.6. The van der Waals surface area contributed by atoms with E-state index in [1.54, 1.807) is 0 Å². The number of rotatable bonds is 7. The fourth-order valence-corrected chi connectivity index (χ4v) is 3.48. The zero-order valence-corrected chi connectivity index (χ0v) is 15.4. The Morgan fingerprint density at radius 3 is 2.92 bits per heavy atom. The molecule has 0 aromatic carbocycles. The summed E-state index contributed by atoms with van der Waals surface area (Å²) < 4.78 is 7.20. The largest absolute Gasteiger partial charge is 0.339 e. The molecule has 1 atom stereocenters. The van der Waals surface area contributed by atoms with Gasteiger partial charge in [0.05, 0.1) is 18.3 Å². The molecule has 1 aliphatic heterocycles. The molecule has 136 valence electrons. The first-order chi connectivity index (χ1) is 12.1. The Kier molecular flexibility index (Phi) is 5.50. The normalized spacial score (nSPS) is 17.4. The number of aromatic nitrogens is 4. The summed E-state index contributed by atoms with van der Waals surface area (Å²) in [4.78, 5) is 18.9. The third-order valence-electron chi connectivity index (χ3n) is 4.79. The lowest BCUT2D eigenvalue weighted by Crippen LogP contribution is -2.38. The van der Waals surface area contributed by atoms with Crippen LogP contribution in [0, 0.1) is 13.8 Å². The maximum absolute atomic E-state index is 12.6. The maximum Gasteiger partial charge on any atom is 0.226 e. The second-order valence-electron chi connectivity index (χ2n) is 6.80. The number of carbonyl (C=O) groups excluding carboxylic acids is 1. The third-order valence-corrected chi connectivity index (χ3v) is 4.79. The summed E-state index contributed by atoms with van der Waals surface area (Å²) in [7, 11) is 0. The second-order valence-corrected chi connectivity index (χ2v) is 6.80. The number of aryl methyl sites for hydroxylation is 4. The molecule has 7 heteroatoms. The number of carbonyl (C=O) groups is 1. The Morgan fingerprint density at radius 1 is 1.40 bits per heavy atom. The van der Waals surface area contributed by atoms with Gasteiger partial charge in [0.1, 0.15) is 0 Å². The topological polar surface area (TPSA) is 77.0 Å². The van der Waals surface area contributed by atoms with E-state index >= 15 is 0 Å². The SMILES string of the molecule is CCc1noc(CCCC(=O)N2CCC[C@@H]2Cn2nc(C)cc2C)n1. The van der Waals surface area contributed by atoms with Crippen molar-refractivity contribution in [1.82, 2.24) is 24.8 Å². The van der Waals surface area contributed by atoms with Crippen molar-refractivity contribution < 1.29 is 9.32 Å². The van der Waals surface area contributed by atoms with Gasteiger partial charge in [-0.2, -0.15) is 10.1 Å². The molecule has 2 aromatic rings. The lowest BCUT2D eigenvalue weighted by molar-refractivity contribution is -0.132. The summed E-state index contributed by atoms with van der Waals surface area (Å²) in [5.41, 5.74) is 2.18. The average molecular weight is 345 g/mol. The Hall–Kier alpha value is -2.18. The molecule has 0 unspecified atom stereocenters. The van der Waals surface area contributed by atoms with Gasteiger partial charge in [-0.15, -0.1) is 0 Å². The molecular weight excluding hydrogens is 318 g/mol. The Labute approximate surface area is 148 Å². The lowest BCUT2D eigenvalue weighted by atomic mass is 10.2. The van der Waals surface area contributed by atoms with E-state index in [2.05, 4.69) is 28.2 Å². The molecule has 0 radical (unpaired) electrons. The van der Waals surface area contributed by atoms with Crippen LogP contribution in [-0.2, 0) is 24.2 Å². The average Bonchev–Trinajstić information content (AvgIpc) is 3.29. The Morgan fingerprint density at radius 2 is 2.24 bits per heavy atom. The van der Waals surface area contributed by atoms with E-state index in [0.29, 0.717) is 18.7 Å². The minimum atomic E-state index is 0.222. The number of nitrogens with zero attached hydrogens (tertiary/aromatic N) is 5. The van der Waals surface area contributed by atoms with Crippen molar-refractivity contribution in [3.8, 4) is 0 Å². The standard InChI is InChI=1S/C18H27N5O2/c1-4-16-19-17(25-21-16)8-5-9-18(24)22-10-6-7-15(22)12-23-14(3)11-13(2)20-23/h11,15H,4-10,12H2,1-3H3/t15-/m1/s1. The molecule has 0 saturated carbocycles. The van der Waals surface area contributed by atoms with Gasteiger partial charge in [0, 0.05) is 31.5 Å². The molecule has 1 saturated heterocycles. The van der Waals surface area contributed by atoms with Crippen LogP contribution in [0.25, 0.3) is 0 Å². The van der Waals surface area contributed by atoms with Crippen molar-refractivity contribution >= 4 is 5.91 Å². The molecule has 0 aliphatic carbocycles. The zero-order valence-electron chi connectivity index (χ0n) is 15.4. The predicted octanol–water partition coefficient (Wildman–Crippen LogP) is 2.46. The first-order valence-electron chi connectivity index (χ1n) is 9.18. The molecule has 1 fully saturated rings. The summed E-state index contributed by atoms with van der Waals surface area (Å²) in [6.45, 7) is 7.70. The number of hydrogen-bond donors (Lipinski definition) is 0. The minimum Gasteiger partial charge on any atom is -0.339 e. The van der Waals surface area contributed by atoms with E-state index in [9.17, 15) is 4.79 Å². The van der Waals surface area contributed by atoms with Gasteiger partial charge in [-0.25, -0.2) is 0 Å². The van der Waals surface area contributed by atoms with Crippen molar-refractivity contribution in [1.29, 1.82) is 0 Å². The van der Waals surface area contributed by atoms with E-state index in [0.717, 1.165) is 56.0 Å². The van der Waals surface area contributed by atoms with Crippen LogP contribution in [0.5, 0.6) is 0 Å². The van der Waals surface area contributed by atoms with Crippen LogP contribution in [0.4, 0.5) is 0 Å². The fraction of sp³-hybridized carbons (Fsp3) is 0.667. The smallest absolute Gasteiger partial charge is 0.226 e. The van der Waals surface area contributed by atoms with Crippen molar-refractivity contribution in [2.45, 2.75) is 71.9 Å². The van der Waals surface area contributed by atoms with Gasteiger partial charge < -0.3 is 9.42 Å². The minimum absolute atomic E-state index is 0.222. The number of likely N-dealkylation sites (tertiary alicyclic amines) is 1. The molecule has 2 aromatic heterocycles. The van der Waals surface area contributed by atoms with Crippen molar-refractivity contribution in [3.05, 3.63) is 29.2 Å². The van der Waals surface area contributed by atoms with Crippen molar-refractivity contribution in [3.63, 3.8) is 0 Å². The number of amides is 1. The number of hydrogen-bond acceptors (Lipinski definition) is 5. The second kappa shape index (κ2) is 7.80. The fourth-order valence-electron chi connectivity index (χ4n) is 3.48. The molecule has 7 nitrogen and oxygen atoms in total. The third kappa shape index (κ3) is 4.27. The highest BCUT2D eigenvalue weighted by Gasteiger charge is 2.29. The van der Waals surface area contributed by atoms with Crippen LogP contribution in [0.3, 0.4) is 0 Å². The van der Waals surface area contributed by atoms with Gasteiger partial charge in [0.25, 0.3) is 0 Å². The van der Waals surface area contributed by atoms with Crippen molar-refractivity contribution in [2.75, 3.05) is 6.54 Å². The molecule has 0 bridgehead atoms. The molecule has 3 rings (SSSR count). The molecule has 1 aliphatic rings. The summed E-state index contributed by atoms with van der Waals surface area (Å²) >= 11 is 0. The van der Waals surface area contributed by atoms with Crippen LogP contribution in [0.15, 0.2) is 10.6 Å². The van der Waals surface area contributed by atoms with Gasteiger partial charge in [-0.1, -0.05) is 12.1 Å². The Bertz CT molecular complexity index is 721. The highest BCUT2D eigenvalue weighted by atomic mass is 16.5. The van der Waals surface area contributed by atoms with Gasteiger partial charge in [0.2, 0.25) is 11.8 Å². The summed E-state index contributed by atoms with van der Waals surface area (Å²) in [6, 6.07) is 2.33. The van der Waals surface area contributed by atoms with Gasteiger partial charge in [-0.3, -0.25) is 9.48 Å². The van der Waals surface area contributed by atoms with Gasteiger partial charge in [-0.05, 0) is 39.2 Å². The molecule has 3 heterocycles. The van der Waals surface area contributed by atoms with Crippen LogP contribution in [0.1, 0.15) is 55.7 Å². The highest BCUT2D eigenvalue weighted by Crippen LogP contribution is 2.21. The Balaban J connectivity index is 1.51.